The molecule has 0 saturated heterocycles. The highest BCUT2D eigenvalue weighted by molar-refractivity contribution is 7.47. The molecular weight excluding hydrogens is 635 g/mol. The first-order valence-corrected chi connectivity index (χ1v) is 20.3. The van der Waals surface area contributed by atoms with Crippen LogP contribution in [-0.2, 0) is 32.7 Å². The molecule has 0 amide bonds. The maximum Gasteiger partial charge on any atom is 0.472 e. The number of phosphoric ester groups is 1. The molecule has 1 unspecified atom stereocenters. The second-order valence-corrected chi connectivity index (χ2v) is 14.0. The molecule has 0 aliphatic carbocycles. The number of esters is 2. The zero-order valence-electron chi connectivity index (χ0n) is 30.2. The fraction of sp³-hybridized carbons (Fsp3) is 0.838. The van der Waals surface area contributed by atoms with E-state index in [1.54, 1.807) is 0 Å². The van der Waals surface area contributed by atoms with Gasteiger partial charge in [0.2, 0.25) is 0 Å². The number of ether oxygens (including phenoxy) is 2. The summed E-state index contributed by atoms with van der Waals surface area (Å²) in [6.07, 6.45) is 30.1. The molecule has 0 saturated carbocycles. The number of aliphatic hydroxyl groups is 2. The molecule has 0 aromatic heterocycles. The highest BCUT2D eigenvalue weighted by atomic mass is 31.2. The fourth-order valence-electron chi connectivity index (χ4n) is 4.85. The largest absolute Gasteiger partial charge is 0.472 e. The van der Waals surface area contributed by atoms with Gasteiger partial charge < -0.3 is 24.6 Å². The van der Waals surface area contributed by atoms with Crippen LogP contribution in [0.1, 0.15) is 162 Å². The lowest BCUT2D eigenvalue weighted by Crippen LogP contribution is -2.29. The highest BCUT2D eigenvalue weighted by Gasteiger charge is 2.27. The third-order valence-electron chi connectivity index (χ3n) is 7.83. The van der Waals surface area contributed by atoms with Gasteiger partial charge in [-0.25, -0.2) is 4.57 Å². The Balaban J connectivity index is 4.40. The minimum Gasteiger partial charge on any atom is -0.462 e. The van der Waals surface area contributed by atoms with Crippen molar-refractivity contribution in [1.29, 1.82) is 0 Å². The lowest BCUT2D eigenvalue weighted by molar-refractivity contribution is -0.161. The number of carbonyl (C=O) groups is 2. The Bertz CT molecular complexity index is 863. The highest BCUT2D eigenvalue weighted by Crippen LogP contribution is 2.43. The Hall–Kier alpha value is -1.55. The SMILES string of the molecule is CCCC/C=C/CCCCCCCC(=O)OC[C@H](COP(=O)(O)OC[C@@H](O)CO)OC(=O)CCCCCCC/C=C/CCCCCCC. The third-order valence-corrected chi connectivity index (χ3v) is 8.78. The van der Waals surface area contributed by atoms with E-state index in [0.29, 0.717) is 12.8 Å². The third kappa shape index (κ3) is 33.0. The molecular formula is C37H69O10P. The average molecular weight is 705 g/mol. The summed E-state index contributed by atoms with van der Waals surface area (Å²) in [7, 11) is -4.61. The van der Waals surface area contributed by atoms with E-state index in [9.17, 15) is 24.2 Å². The minimum absolute atomic E-state index is 0.174. The van der Waals surface area contributed by atoms with Crippen molar-refractivity contribution >= 4 is 19.8 Å². The Morgan fingerprint density at radius 2 is 1.04 bits per heavy atom. The van der Waals surface area contributed by atoms with Crippen LogP contribution in [0.3, 0.4) is 0 Å². The van der Waals surface area contributed by atoms with Crippen LogP contribution in [0.15, 0.2) is 24.3 Å². The molecule has 0 radical (unpaired) electrons. The van der Waals surface area contributed by atoms with Crippen molar-refractivity contribution in [3.05, 3.63) is 24.3 Å². The fourth-order valence-corrected chi connectivity index (χ4v) is 5.64. The van der Waals surface area contributed by atoms with E-state index in [1.165, 1.54) is 44.9 Å². The molecule has 0 rings (SSSR count). The van der Waals surface area contributed by atoms with Crippen molar-refractivity contribution in [2.75, 3.05) is 26.4 Å². The average Bonchev–Trinajstić information content (AvgIpc) is 3.07. The summed E-state index contributed by atoms with van der Waals surface area (Å²) in [5.74, 6) is -0.947. The summed E-state index contributed by atoms with van der Waals surface area (Å²) < 4.78 is 32.5. The summed E-state index contributed by atoms with van der Waals surface area (Å²) in [4.78, 5) is 34.7. The molecule has 0 aliphatic rings. The van der Waals surface area contributed by atoms with Crippen LogP contribution in [0.25, 0.3) is 0 Å². The standard InChI is InChI=1S/C37H69O10P/c1-3-5-7-9-11-13-15-16-17-19-21-23-25-27-29-37(41)47-35(33-46-48(42,43)45-31-34(39)30-38)32-44-36(40)28-26-24-22-20-18-14-12-10-8-6-4-2/h10,12,15-16,34-35,38-39H,3-9,11,13-14,17-33H2,1-2H3,(H,42,43)/b12-10+,16-15+/t34-,35+/m0/s1. The van der Waals surface area contributed by atoms with Gasteiger partial charge in [-0.3, -0.25) is 18.6 Å². The molecule has 3 N–H and O–H groups in total. The number of hydrogen-bond donors (Lipinski definition) is 3. The van der Waals surface area contributed by atoms with Gasteiger partial charge in [0.15, 0.2) is 6.10 Å². The molecule has 0 fully saturated rings. The topological polar surface area (TPSA) is 149 Å². The number of rotatable bonds is 35. The van der Waals surface area contributed by atoms with Crippen LogP contribution >= 0.6 is 7.82 Å². The first-order chi connectivity index (χ1) is 23.2. The van der Waals surface area contributed by atoms with E-state index in [2.05, 4.69) is 42.7 Å². The van der Waals surface area contributed by atoms with Gasteiger partial charge >= 0.3 is 19.8 Å². The van der Waals surface area contributed by atoms with E-state index in [0.717, 1.165) is 77.0 Å². The van der Waals surface area contributed by atoms with Gasteiger partial charge in [-0.15, -0.1) is 0 Å². The quantitative estimate of drug-likeness (QED) is 0.0252. The van der Waals surface area contributed by atoms with Crippen LogP contribution in [0, 0.1) is 0 Å². The number of hydrogen-bond acceptors (Lipinski definition) is 9. The van der Waals surface area contributed by atoms with Gasteiger partial charge in [0.1, 0.15) is 12.7 Å². The Kier molecular flexibility index (Phi) is 32.8. The van der Waals surface area contributed by atoms with Crippen LogP contribution in [0.4, 0.5) is 0 Å². The molecule has 0 aromatic rings. The summed E-state index contributed by atoms with van der Waals surface area (Å²) in [6.45, 7) is 2.29. The number of carbonyl (C=O) groups excluding carboxylic acids is 2. The van der Waals surface area contributed by atoms with Crippen molar-refractivity contribution in [3.63, 3.8) is 0 Å². The predicted molar refractivity (Wildman–Crippen MR) is 191 cm³/mol. The summed E-state index contributed by atoms with van der Waals surface area (Å²) in [5.41, 5.74) is 0. The maximum absolute atomic E-state index is 12.5. The lowest BCUT2D eigenvalue weighted by atomic mass is 10.1. The lowest BCUT2D eigenvalue weighted by Gasteiger charge is -2.20. The zero-order valence-corrected chi connectivity index (χ0v) is 31.1. The second kappa shape index (κ2) is 33.9. The van der Waals surface area contributed by atoms with Crippen LogP contribution in [-0.4, -0.2) is 65.7 Å². The summed E-state index contributed by atoms with van der Waals surface area (Å²) in [6, 6.07) is 0. The Morgan fingerprint density at radius 1 is 0.604 bits per heavy atom. The van der Waals surface area contributed by atoms with Crippen LogP contribution in [0.5, 0.6) is 0 Å². The second-order valence-electron chi connectivity index (χ2n) is 12.6. The molecule has 3 atom stereocenters. The van der Waals surface area contributed by atoms with Crippen LogP contribution in [0.2, 0.25) is 0 Å². The number of phosphoric acid groups is 1. The van der Waals surface area contributed by atoms with E-state index < -0.39 is 51.8 Å². The first-order valence-electron chi connectivity index (χ1n) is 18.8. The van der Waals surface area contributed by atoms with Crippen molar-refractivity contribution < 1.29 is 47.8 Å². The van der Waals surface area contributed by atoms with Gasteiger partial charge in [0.05, 0.1) is 19.8 Å². The molecule has 0 spiro atoms. The molecule has 0 heterocycles. The van der Waals surface area contributed by atoms with E-state index in [1.807, 2.05) is 0 Å². The Morgan fingerprint density at radius 3 is 1.56 bits per heavy atom. The number of allylic oxidation sites excluding steroid dienone is 4. The number of unbranched alkanes of at least 4 members (excludes halogenated alkanes) is 17. The molecule has 48 heavy (non-hydrogen) atoms. The molecule has 0 aromatic carbocycles. The van der Waals surface area contributed by atoms with E-state index >= 15 is 0 Å². The molecule has 11 heteroatoms. The van der Waals surface area contributed by atoms with Crippen molar-refractivity contribution in [2.45, 2.75) is 174 Å². The van der Waals surface area contributed by atoms with E-state index in [-0.39, 0.29) is 19.4 Å². The number of aliphatic hydroxyl groups excluding tert-OH is 2. The zero-order chi connectivity index (χ0) is 35.6. The van der Waals surface area contributed by atoms with Crippen molar-refractivity contribution in [1.82, 2.24) is 0 Å². The van der Waals surface area contributed by atoms with Crippen LogP contribution < -0.4 is 0 Å². The molecule has 282 valence electrons. The van der Waals surface area contributed by atoms with Gasteiger partial charge in [-0.1, -0.05) is 115 Å². The monoisotopic (exact) mass is 704 g/mol. The van der Waals surface area contributed by atoms with Crippen molar-refractivity contribution in [2.24, 2.45) is 0 Å². The summed E-state index contributed by atoms with van der Waals surface area (Å²) >= 11 is 0. The molecule has 0 bridgehead atoms. The maximum atomic E-state index is 12.5. The molecule has 10 nitrogen and oxygen atoms in total. The van der Waals surface area contributed by atoms with E-state index in [4.69, 9.17) is 19.1 Å². The summed E-state index contributed by atoms with van der Waals surface area (Å²) in [5, 5.41) is 18.2. The Labute approximate surface area is 291 Å². The van der Waals surface area contributed by atoms with Gasteiger partial charge in [-0.05, 0) is 57.8 Å². The van der Waals surface area contributed by atoms with Gasteiger partial charge in [0, 0.05) is 12.8 Å². The first kappa shape index (κ1) is 46.5. The van der Waals surface area contributed by atoms with Gasteiger partial charge in [0.25, 0.3) is 0 Å². The smallest absolute Gasteiger partial charge is 0.462 e. The normalized spacial score (nSPS) is 14.4. The predicted octanol–water partition coefficient (Wildman–Crippen LogP) is 9.05. The van der Waals surface area contributed by atoms with Crippen molar-refractivity contribution in [3.8, 4) is 0 Å². The minimum atomic E-state index is -4.61. The molecule has 0 aliphatic heterocycles. The van der Waals surface area contributed by atoms with Gasteiger partial charge in [-0.2, -0.15) is 0 Å².